The second-order valence-electron chi connectivity index (χ2n) is 0. The SMILES string of the molecule is [Mo].[O-2].[O-2].[O-2].[Sb]. The molecule has 0 N–H and O–H groups in total. The van der Waals surface area contributed by atoms with Crippen molar-refractivity contribution in [3.05, 3.63) is 0 Å². The Hall–Kier alpha value is 1.39. The average molecular weight is 266 g/mol. The molecule has 3 nitrogen and oxygen atoms in total. The molecule has 3 radical (unpaired) electrons. The Morgan fingerprint density at radius 3 is 0.600 bits per heavy atom. The smallest absolute Gasteiger partial charge is 0 e. The minimum absolute atomic E-state index is 0. The van der Waals surface area contributed by atoms with Crippen LogP contribution in [0.1, 0.15) is 0 Å². The van der Waals surface area contributed by atoms with Gasteiger partial charge in [-0.3, -0.25) is 0 Å². The van der Waals surface area contributed by atoms with Gasteiger partial charge in [-0.25, -0.2) is 0 Å². The maximum absolute atomic E-state index is 0. The summed E-state index contributed by atoms with van der Waals surface area (Å²) in [7, 11) is 0. The van der Waals surface area contributed by atoms with Gasteiger partial charge in [-0.05, 0) is 0 Å². The van der Waals surface area contributed by atoms with Crippen molar-refractivity contribution >= 4 is 24.4 Å². The third-order valence-electron chi connectivity index (χ3n) is 0. The normalized spacial score (nSPS) is 0. The van der Waals surface area contributed by atoms with E-state index in [1.54, 1.807) is 0 Å². The third-order valence-corrected chi connectivity index (χ3v) is 0. The van der Waals surface area contributed by atoms with Gasteiger partial charge in [0.15, 0.2) is 0 Å². The topological polar surface area (TPSA) is 85.5 Å². The number of hydrogen-bond donors (Lipinski definition) is 0. The van der Waals surface area contributed by atoms with E-state index in [1.807, 2.05) is 0 Å². The van der Waals surface area contributed by atoms with Crippen LogP contribution in [0.25, 0.3) is 0 Å². The summed E-state index contributed by atoms with van der Waals surface area (Å²) in [6, 6.07) is 0. The molecule has 35 valence electrons. The fraction of sp³-hybridized carbons (Fsp3) is 0. The maximum Gasteiger partial charge on any atom is 0 e. The van der Waals surface area contributed by atoms with Gasteiger partial charge in [0.25, 0.3) is 0 Å². The molecule has 0 atom stereocenters. The largest absolute Gasteiger partial charge is 2.00 e. The molecular formula is MoO3Sb-6. The molecular weight excluding hydrogens is 266 g/mol. The molecule has 0 heterocycles. The molecule has 0 spiro atoms. The van der Waals surface area contributed by atoms with Crippen molar-refractivity contribution in [3.8, 4) is 0 Å². The first-order chi connectivity index (χ1) is 0. The van der Waals surface area contributed by atoms with Gasteiger partial charge in [0.05, 0.1) is 0 Å². The van der Waals surface area contributed by atoms with E-state index in [0.29, 0.717) is 0 Å². The number of hydrogen-bond acceptors (Lipinski definition) is 0. The van der Waals surface area contributed by atoms with Crippen molar-refractivity contribution in [3.63, 3.8) is 0 Å². The zero-order valence-electron chi connectivity index (χ0n) is 2.08. The van der Waals surface area contributed by atoms with Crippen molar-refractivity contribution in [2.75, 3.05) is 0 Å². The van der Waals surface area contributed by atoms with Crippen molar-refractivity contribution < 1.29 is 37.5 Å². The van der Waals surface area contributed by atoms with Crippen LogP contribution < -0.4 is 0 Å². The van der Waals surface area contributed by atoms with E-state index in [0.717, 1.165) is 0 Å². The summed E-state index contributed by atoms with van der Waals surface area (Å²) >= 11 is 0. The van der Waals surface area contributed by atoms with Gasteiger partial charge in [-0.15, -0.1) is 0 Å². The molecule has 0 aliphatic rings. The van der Waals surface area contributed by atoms with Crippen LogP contribution in [0, 0.1) is 0 Å². The van der Waals surface area contributed by atoms with E-state index in [9.17, 15) is 0 Å². The first-order valence-corrected chi connectivity index (χ1v) is 0. The van der Waals surface area contributed by atoms with Crippen LogP contribution in [0.15, 0.2) is 0 Å². The van der Waals surface area contributed by atoms with Crippen molar-refractivity contribution in [2.45, 2.75) is 0 Å². The molecule has 5 heteroatoms. The van der Waals surface area contributed by atoms with Gasteiger partial charge in [-0.1, -0.05) is 0 Å². The molecule has 0 aliphatic carbocycles. The zero-order chi connectivity index (χ0) is 0. The van der Waals surface area contributed by atoms with Crippen LogP contribution in [-0.2, 0) is 37.5 Å². The first kappa shape index (κ1) is 96.4. The first-order valence-electron chi connectivity index (χ1n) is 0. The van der Waals surface area contributed by atoms with Crippen LogP contribution in [-0.4, -0.2) is 24.4 Å². The third kappa shape index (κ3) is 32.1. The molecule has 0 aromatic carbocycles. The van der Waals surface area contributed by atoms with Crippen molar-refractivity contribution in [1.82, 2.24) is 0 Å². The molecule has 0 saturated carbocycles. The predicted octanol–water partition coefficient (Wildman–Crippen LogP) is -0.740. The van der Waals surface area contributed by atoms with Crippen molar-refractivity contribution in [1.29, 1.82) is 0 Å². The maximum atomic E-state index is 0. The zero-order valence-corrected chi connectivity index (χ0v) is 6.64. The fourth-order valence-electron chi connectivity index (χ4n) is 0. The van der Waals surface area contributed by atoms with Crippen LogP contribution in [0.4, 0.5) is 0 Å². The molecule has 0 bridgehead atoms. The second-order valence-corrected chi connectivity index (χ2v) is 0. The predicted molar refractivity (Wildman–Crippen MR) is 7.81 cm³/mol. The molecule has 0 aromatic rings. The van der Waals surface area contributed by atoms with Gasteiger partial charge in [0, 0.05) is 45.5 Å². The summed E-state index contributed by atoms with van der Waals surface area (Å²) in [4.78, 5) is 0. The molecule has 0 saturated heterocycles. The average Bonchev–Trinajstić information content (AvgIpc) is 0. The molecule has 0 unspecified atom stereocenters. The Morgan fingerprint density at radius 1 is 0.600 bits per heavy atom. The number of rotatable bonds is 0. The molecule has 0 fully saturated rings. The summed E-state index contributed by atoms with van der Waals surface area (Å²) in [5.41, 5.74) is 0. The quantitative estimate of drug-likeness (QED) is 0.517. The van der Waals surface area contributed by atoms with Gasteiger partial charge >= 0.3 is 0 Å². The van der Waals surface area contributed by atoms with Crippen LogP contribution in [0.2, 0.25) is 0 Å². The minimum atomic E-state index is 0. The molecule has 0 aromatic heterocycles. The summed E-state index contributed by atoms with van der Waals surface area (Å²) in [6.45, 7) is 0. The molecule has 0 aliphatic heterocycles. The molecule has 0 rings (SSSR count). The van der Waals surface area contributed by atoms with Crippen LogP contribution in [0.5, 0.6) is 0 Å². The van der Waals surface area contributed by atoms with E-state index < -0.39 is 0 Å². The Bertz CT molecular complexity index is 6.85. The van der Waals surface area contributed by atoms with Gasteiger partial charge < -0.3 is 16.4 Å². The van der Waals surface area contributed by atoms with E-state index >= 15 is 0 Å². The summed E-state index contributed by atoms with van der Waals surface area (Å²) in [5, 5.41) is 0. The summed E-state index contributed by atoms with van der Waals surface area (Å²) in [5.74, 6) is 0. The van der Waals surface area contributed by atoms with Crippen LogP contribution in [0.3, 0.4) is 0 Å². The standard InChI is InChI=1S/Mo.3O.Sb/q;3*-2;. The van der Waals surface area contributed by atoms with E-state index in [-0.39, 0.29) is 61.9 Å². The summed E-state index contributed by atoms with van der Waals surface area (Å²) < 4.78 is 0. The van der Waals surface area contributed by atoms with Gasteiger partial charge in [0.2, 0.25) is 0 Å². The Kier molecular flexibility index (Phi) is 1040. The molecule has 5 heavy (non-hydrogen) atoms. The van der Waals surface area contributed by atoms with Gasteiger partial charge in [-0.2, -0.15) is 0 Å². The fourth-order valence-corrected chi connectivity index (χ4v) is 0. The van der Waals surface area contributed by atoms with E-state index in [4.69, 9.17) is 0 Å². The van der Waals surface area contributed by atoms with Gasteiger partial charge in [0.1, 0.15) is 0 Å². The van der Waals surface area contributed by atoms with Crippen LogP contribution >= 0.6 is 0 Å². The Morgan fingerprint density at radius 2 is 0.600 bits per heavy atom. The summed E-state index contributed by atoms with van der Waals surface area (Å²) in [6.07, 6.45) is 0. The van der Waals surface area contributed by atoms with E-state index in [1.165, 1.54) is 0 Å². The minimum Gasteiger partial charge on any atom is -2.00 e. The van der Waals surface area contributed by atoms with E-state index in [2.05, 4.69) is 0 Å². The second kappa shape index (κ2) is 53.9. The molecule has 0 amide bonds. The monoisotopic (exact) mass is 267 g/mol. The van der Waals surface area contributed by atoms with Crippen molar-refractivity contribution in [2.24, 2.45) is 0 Å². The Labute approximate surface area is 61.8 Å². The Balaban J connectivity index is 0.